The molecule has 0 unspecified atom stereocenters. The lowest BCUT2D eigenvalue weighted by molar-refractivity contribution is 0.308. The molecule has 1 saturated heterocycles. The molecule has 1 aliphatic heterocycles. The molecule has 0 atom stereocenters. The van der Waals surface area contributed by atoms with E-state index in [1.165, 1.54) is 16.7 Å². The molecule has 4 rings (SSSR count). The quantitative estimate of drug-likeness (QED) is 0.638. The summed E-state index contributed by atoms with van der Waals surface area (Å²) in [6.45, 7) is 12.6. The molecule has 0 aromatic heterocycles. The lowest BCUT2D eigenvalue weighted by Crippen LogP contribution is -2.62. The molecule has 30 heavy (non-hydrogen) atoms. The molecular weight excluding hydrogens is 369 g/mol. The SMILES string of the molecule is Cc1ccc(C)c(B2OB(c3cc(C)ccc3C)OB(c3cc(C)ccc3C)O2)c1. The van der Waals surface area contributed by atoms with Crippen molar-refractivity contribution in [2.45, 2.75) is 41.5 Å². The molecular formula is C24H27B3O3. The average molecular weight is 396 g/mol. The van der Waals surface area contributed by atoms with E-state index in [1.54, 1.807) is 0 Å². The number of aryl methyl sites for hydroxylation is 6. The second kappa shape index (κ2) is 8.46. The summed E-state index contributed by atoms with van der Waals surface area (Å²) in [5.41, 5.74) is 10.1. The Hall–Kier alpha value is -2.27. The van der Waals surface area contributed by atoms with Crippen molar-refractivity contribution >= 4 is 37.7 Å². The van der Waals surface area contributed by atoms with Gasteiger partial charge in [-0.15, -0.1) is 0 Å². The van der Waals surface area contributed by atoms with Crippen LogP contribution in [0.15, 0.2) is 54.6 Å². The minimum atomic E-state index is -0.506. The fraction of sp³-hybridized carbons (Fsp3) is 0.250. The van der Waals surface area contributed by atoms with Gasteiger partial charge in [0.2, 0.25) is 0 Å². The molecule has 0 N–H and O–H groups in total. The first-order chi connectivity index (χ1) is 14.3. The second-order valence-corrected chi connectivity index (χ2v) is 8.48. The van der Waals surface area contributed by atoms with Crippen molar-refractivity contribution in [3.05, 3.63) is 88.0 Å². The number of rotatable bonds is 3. The minimum Gasteiger partial charge on any atom is -0.445 e. The Labute approximate surface area is 181 Å². The third-order valence-corrected chi connectivity index (χ3v) is 5.81. The maximum atomic E-state index is 6.41. The van der Waals surface area contributed by atoms with Crippen molar-refractivity contribution in [1.29, 1.82) is 0 Å². The summed E-state index contributed by atoms with van der Waals surface area (Å²) in [7, 11) is -1.52. The number of hydrogen-bond donors (Lipinski definition) is 0. The van der Waals surface area contributed by atoms with E-state index in [-0.39, 0.29) is 0 Å². The van der Waals surface area contributed by atoms with Crippen LogP contribution < -0.4 is 16.4 Å². The zero-order chi connectivity index (χ0) is 21.4. The zero-order valence-corrected chi connectivity index (χ0v) is 18.7. The van der Waals surface area contributed by atoms with Crippen LogP contribution in [-0.2, 0) is 13.7 Å². The predicted octanol–water partition coefficient (Wildman–Crippen LogP) is 3.09. The van der Waals surface area contributed by atoms with E-state index in [1.807, 2.05) is 0 Å². The third kappa shape index (κ3) is 4.27. The summed E-state index contributed by atoms with van der Waals surface area (Å²) >= 11 is 0. The molecule has 6 heteroatoms. The first-order valence-corrected chi connectivity index (χ1v) is 10.5. The van der Waals surface area contributed by atoms with Crippen LogP contribution in [0.2, 0.25) is 0 Å². The van der Waals surface area contributed by atoms with Gasteiger partial charge in [0, 0.05) is 0 Å². The Morgan fingerprint density at radius 3 is 0.967 bits per heavy atom. The van der Waals surface area contributed by atoms with Gasteiger partial charge in [-0.3, -0.25) is 0 Å². The monoisotopic (exact) mass is 396 g/mol. The highest BCUT2D eigenvalue weighted by atomic mass is 16.7. The van der Waals surface area contributed by atoms with Crippen molar-refractivity contribution in [3.63, 3.8) is 0 Å². The van der Waals surface area contributed by atoms with Gasteiger partial charge < -0.3 is 13.7 Å². The highest BCUT2D eigenvalue weighted by molar-refractivity contribution is 6.87. The highest BCUT2D eigenvalue weighted by Gasteiger charge is 2.44. The minimum absolute atomic E-state index is 0.506. The maximum absolute atomic E-state index is 6.41. The summed E-state index contributed by atoms with van der Waals surface area (Å²) in [5, 5.41) is 0. The standard InChI is InChI=1S/C24H27B3O3/c1-16-7-10-19(4)22(13-16)25-28-26(23-14-17(2)8-11-20(23)5)30-27(29-25)24-15-18(3)9-12-21(24)6/h7-15H,1-6H3. The normalized spacial score (nSPS) is 14.4. The Kier molecular flexibility index (Phi) is 5.92. The van der Waals surface area contributed by atoms with Crippen molar-refractivity contribution in [1.82, 2.24) is 0 Å². The van der Waals surface area contributed by atoms with Gasteiger partial charge in [0.25, 0.3) is 0 Å². The third-order valence-electron chi connectivity index (χ3n) is 5.81. The average Bonchev–Trinajstić information content (AvgIpc) is 2.73. The second-order valence-electron chi connectivity index (χ2n) is 8.48. The van der Waals surface area contributed by atoms with Gasteiger partial charge in [-0.25, -0.2) is 0 Å². The lowest BCUT2D eigenvalue weighted by Gasteiger charge is -2.33. The van der Waals surface area contributed by atoms with E-state index < -0.39 is 21.4 Å². The van der Waals surface area contributed by atoms with Gasteiger partial charge in [0.15, 0.2) is 0 Å². The molecule has 0 saturated carbocycles. The van der Waals surface area contributed by atoms with Crippen LogP contribution in [0.5, 0.6) is 0 Å². The molecule has 3 nitrogen and oxygen atoms in total. The summed E-state index contributed by atoms with van der Waals surface area (Å²) in [5.74, 6) is 0. The van der Waals surface area contributed by atoms with Crippen LogP contribution in [0.1, 0.15) is 33.4 Å². The van der Waals surface area contributed by atoms with E-state index in [9.17, 15) is 0 Å². The van der Waals surface area contributed by atoms with Crippen LogP contribution in [-0.4, -0.2) is 21.4 Å². The molecule has 0 bridgehead atoms. The van der Waals surface area contributed by atoms with E-state index in [0.717, 1.165) is 33.1 Å². The summed E-state index contributed by atoms with van der Waals surface area (Å²) in [6.07, 6.45) is 0. The largest absolute Gasteiger partial charge is 0.467 e. The fourth-order valence-electron chi connectivity index (χ4n) is 3.91. The Morgan fingerprint density at radius 2 is 0.700 bits per heavy atom. The van der Waals surface area contributed by atoms with Crippen LogP contribution in [0.25, 0.3) is 0 Å². The van der Waals surface area contributed by atoms with Gasteiger partial charge in [-0.05, 0) is 57.9 Å². The van der Waals surface area contributed by atoms with Gasteiger partial charge in [-0.2, -0.15) is 0 Å². The topological polar surface area (TPSA) is 27.7 Å². The maximum Gasteiger partial charge on any atom is 0.467 e. The van der Waals surface area contributed by atoms with Gasteiger partial charge >= 0.3 is 21.4 Å². The molecule has 3 aromatic rings. The first-order valence-electron chi connectivity index (χ1n) is 10.5. The molecule has 3 aromatic carbocycles. The van der Waals surface area contributed by atoms with E-state index in [0.29, 0.717) is 0 Å². The molecule has 150 valence electrons. The lowest BCUT2D eigenvalue weighted by atomic mass is 9.59. The van der Waals surface area contributed by atoms with Crippen molar-refractivity contribution in [2.24, 2.45) is 0 Å². The van der Waals surface area contributed by atoms with Gasteiger partial charge in [-0.1, -0.05) is 88.0 Å². The Bertz CT molecular complexity index is 941. The van der Waals surface area contributed by atoms with Crippen molar-refractivity contribution in [2.75, 3.05) is 0 Å². The molecule has 1 heterocycles. The number of hydrogen-bond acceptors (Lipinski definition) is 3. The van der Waals surface area contributed by atoms with E-state index >= 15 is 0 Å². The van der Waals surface area contributed by atoms with Gasteiger partial charge in [0.1, 0.15) is 0 Å². The zero-order valence-electron chi connectivity index (χ0n) is 18.7. The van der Waals surface area contributed by atoms with Crippen LogP contribution in [0, 0.1) is 41.5 Å². The molecule has 0 aliphatic carbocycles. The van der Waals surface area contributed by atoms with Crippen LogP contribution in [0.4, 0.5) is 0 Å². The molecule has 1 fully saturated rings. The highest BCUT2D eigenvalue weighted by Crippen LogP contribution is 2.15. The Balaban J connectivity index is 1.79. The fourth-order valence-corrected chi connectivity index (χ4v) is 3.91. The van der Waals surface area contributed by atoms with E-state index in [2.05, 4.69) is 96.1 Å². The van der Waals surface area contributed by atoms with Crippen LogP contribution in [0.3, 0.4) is 0 Å². The first kappa shape index (κ1) is 21.0. The number of benzene rings is 3. The van der Waals surface area contributed by atoms with Crippen molar-refractivity contribution in [3.8, 4) is 0 Å². The predicted molar refractivity (Wildman–Crippen MR) is 127 cm³/mol. The summed E-state index contributed by atoms with van der Waals surface area (Å²) < 4.78 is 19.2. The van der Waals surface area contributed by atoms with E-state index in [4.69, 9.17) is 13.7 Å². The van der Waals surface area contributed by atoms with Gasteiger partial charge in [0.05, 0.1) is 0 Å². The summed E-state index contributed by atoms with van der Waals surface area (Å²) in [4.78, 5) is 0. The van der Waals surface area contributed by atoms with Crippen LogP contribution >= 0.6 is 0 Å². The molecule has 0 radical (unpaired) electrons. The molecule has 1 aliphatic rings. The molecule has 0 amide bonds. The molecule has 0 spiro atoms. The smallest absolute Gasteiger partial charge is 0.445 e. The van der Waals surface area contributed by atoms with Crippen molar-refractivity contribution < 1.29 is 13.7 Å². The Morgan fingerprint density at radius 1 is 0.433 bits per heavy atom. The summed E-state index contributed by atoms with van der Waals surface area (Å²) in [6, 6.07) is 19.1.